The Hall–Kier alpha value is -1.47. The Balaban J connectivity index is 4.85. The number of alkyl halides is 3. The molecule has 0 aliphatic carbocycles. The number of hydrogen-bond acceptors (Lipinski definition) is 2. The van der Waals surface area contributed by atoms with Crippen molar-refractivity contribution in [2.75, 3.05) is 6.54 Å². The van der Waals surface area contributed by atoms with Crippen molar-refractivity contribution < 1.29 is 27.9 Å². The minimum Gasteiger partial charge on any atom is -0.481 e. The van der Waals surface area contributed by atoms with Crippen molar-refractivity contribution in [1.29, 1.82) is 0 Å². The molecule has 0 aliphatic heterocycles. The smallest absolute Gasteiger partial charge is 0.406 e. The van der Waals surface area contributed by atoms with Gasteiger partial charge in [-0.25, -0.2) is 4.79 Å². The van der Waals surface area contributed by atoms with Crippen molar-refractivity contribution in [3.8, 4) is 0 Å². The number of rotatable bonds is 6. The molecule has 5 nitrogen and oxygen atoms in total. The van der Waals surface area contributed by atoms with Gasteiger partial charge >= 0.3 is 18.2 Å². The fourth-order valence-corrected chi connectivity index (χ4v) is 1.57. The summed E-state index contributed by atoms with van der Waals surface area (Å²) in [5.41, 5.74) is 0. The molecule has 0 heterocycles. The first-order valence-corrected chi connectivity index (χ1v) is 6.29. The van der Waals surface area contributed by atoms with Crippen LogP contribution in [0.25, 0.3) is 0 Å². The van der Waals surface area contributed by atoms with Crippen LogP contribution in [0.1, 0.15) is 34.1 Å². The molecule has 0 saturated heterocycles. The third-order valence-corrected chi connectivity index (χ3v) is 2.74. The van der Waals surface area contributed by atoms with Gasteiger partial charge in [-0.1, -0.05) is 13.8 Å². The predicted octanol–water partition coefficient (Wildman–Crippen LogP) is 2.47. The van der Waals surface area contributed by atoms with Crippen molar-refractivity contribution in [3.63, 3.8) is 0 Å². The van der Waals surface area contributed by atoms with Gasteiger partial charge in [-0.3, -0.25) is 4.79 Å². The van der Waals surface area contributed by atoms with E-state index >= 15 is 0 Å². The number of halogens is 3. The van der Waals surface area contributed by atoms with Crippen LogP contribution in [-0.4, -0.2) is 46.8 Å². The Kier molecular flexibility index (Phi) is 6.81. The number of hydrogen-bond donors (Lipinski definition) is 2. The van der Waals surface area contributed by atoms with Crippen LogP contribution in [0.4, 0.5) is 18.0 Å². The summed E-state index contributed by atoms with van der Waals surface area (Å²) >= 11 is 0. The molecular formula is C12H21F3N2O3. The summed E-state index contributed by atoms with van der Waals surface area (Å²) < 4.78 is 37.3. The number of nitrogens with zero attached hydrogens (tertiary/aromatic N) is 1. The maximum Gasteiger partial charge on any atom is 0.406 e. The Bertz CT molecular complexity index is 343. The second-order valence-corrected chi connectivity index (χ2v) is 5.23. The van der Waals surface area contributed by atoms with Crippen LogP contribution >= 0.6 is 0 Å². The van der Waals surface area contributed by atoms with E-state index in [1.165, 1.54) is 13.8 Å². The average molecular weight is 298 g/mol. The van der Waals surface area contributed by atoms with Crippen molar-refractivity contribution in [2.24, 2.45) is 5.92 Å². The first kappa shape index (κ1) is 18.5. The largest absolute Gasteiger partial charge is 0.481 e. The summed E-state index contributed by atoms with van der Waals surface area (Å²) in [6.45, 7) is 4.95. The normalized spacial score (nSPS) is 13.4. The maximum absolute atomic E-state index is 12.4. The highest BCUT2D eigenvalue weighted by Crippen LogP contribution is 2.18. The molecule has 0 rings (SSSR count). The molecule has 20 heavy (non-hydrogen) atoms. The third-order valence-electron chi connectivity index (χ3n) is 2.74. The summed E-state index contributed by atoms with van der Waals surface area (Å²) in [6.07, 6.45) is -4.83. The van der Waals surface area contributed by atoms with Gasteiger partial charge in [0, 0.05) is 12.1 Å². The third kappa shape index (κ3) is 7.20. The lowest BCUT2D eigenvalue weighted by Gasteiger charge is -2.31. The lowest BCUT2D eigenvalue weighted by Crippen LogP contribution is -2.52. The summed E-state index contributed by atoms with van der Waals surface area (Å²) in [5, 5.41) is 11.1. The molecule has 1 atom stereocenters. The van der Waals surface area contributed by atoms with Gasteiger partial charge in [0.1, 0.15) is 6.54 Å². The van der Waals surface area contributed by atoms with Gasteiger partial charge < -0.3 is 15.3 Å². The van der Waals surface area contributed by atoms with Gasteiger partial charge in [0.15, 0.2) is 0 Å². The van der Waals surface area contributed by atoms with E-state index in [2.05, 4.69) is 5.32 Å². The minimum atomic E-state index is -4.50. The second kappa shape index (κ2) is 7.35. The first-order chi connectivity index (χ1) is 8.94. The van der Waals surface area contributed by atoms with Crippen LogP contribution in [0, 0.1) is 5.92 Å². The zero-order valence-electron chi connectivity index (χ0n) is 12.0. The van der Waals surface area contributed by atoms with Gasteiger partial charge in [-0.2, -0.15) is 13.2 Å². The zero-order valence-corrected chi connectivity index (χ0v) is 12.0. The number of nitrogens with one attached hydrogen (secondary N) is 1. The molecule has 0 aromatic rings. The number of carboxylic acid groups (broad SMARTS) is 1. The van der Waals surface area contributed by atoms with E-state index in [4.69, 9.17) is 5.11 Å². The fraction of sp³-hybridized carbons (Fsp3) is 0.833. The van der Waals surface area contributed by atoms with Crippen LogP contribution in [0.15, 0.2) is 0 Å². The summed E-state index contributed by atoms with van der Waals surface area (Å²) in [6, 6.07) is -2.26. The van der Waals surface area contributed by atoms with E-state index in [1.54, 1.807) is 13.8 Å². The monoisotopic (exact) mass is 298 g/mol. The van der Waals surface area contributed by atoms with Crippen molar-refractivity contribution in [2.45, 2.75) is 52.4 Å². The number of carbonyl (C=O) groups is 2. The van der Waals surface area contributed by atoms with E-state index in [0.29, 0.717) is 4.90 Å². The number of carbonyl (C=O) groups excluding carboxylic acids is 1. The van der Waals surface area contributed by atoms with E-state index in [-0.39, 0.29) is 12.3 Å². The molecule has 0 aromatic heterocycles. The SMILES string of the molecule is CC(C)C(CC(=O)O)NC(=O)N(CC(F)(F)F)C(C)C. The van der Waals surface area contributed by atoms with Crippen molar-refractivity contribution in [3.05, 3.63) is 0 Å². The summed E-state index contributed by atoms with van der Waals surface area (Å²) in [7, 11) is 0. The van der Waals surface area contributed by atoms with Crippen LogP contribution in [-0.2, 0) is 4.79 Å². The first-order valence-electron chi connectivity index (χ1n) is 6.29. The highest BCUT2D eigenvalue weighted by atomic mass is 19.4. The number of aliphatic carboxylic acids is 1. The Morgan fingerprint density at radius 3 is 2.00 bits per heavy atom. The van der Waals surface area contributed by atoms with E-state index in [0.717, 1.165) is 0 Å². The molecular weight excluding hydrogens is 277 g/mol. The summed E-state index contributed by atoms with van der Waals surface area (Å²) in [4.78, 5) is 23.2. The zero-order chi connectivity index (χ0) is 16.1. The highest BCUT2D eigenvalue weighted by molar-refractivity contribution is 5.76. The highest BCUT2D eigenvalue weighted by Gasteiger charge is 2.35. The fourth-order valence-electron chi connectivity index (χ4n) is 1.57. The lowest BCUT2D eigenvalue weighted by atomic mass is 10.0. The molecule has 8 heteroatoms. The van der Waals surface area contributed by atoms with Crippen LogP contribution in [0.5, 0.6) is 0 Å². The maximum atomic E-state index is 12.4. The molecule has 0 aliphatic rings. The quantitative estimate of drug-likeness (QED) is 0.791. The van der Waals surface area contributed by atoms with E-state index in [9.17, 15) is 22.8 Å². The second-order valence-electron chi connectivity index (χ2n) is 5.23. The number of amides is 2. The van der Waals surface area contributed by atoms with Gasteiger partial charge in [-0.05, 0) is 19.8 Å². The van der Waals surface area contributed by atoms with E-state index in [1.807, 2.05) is 0 Å². The molecule has 0 saturated carbocycles. The van der Waals surface area contributed by atoms with E-state index < -0.39 is 36.8 Å². The van der Waals surface area contributed by atoms with Crippen molar-refractivity contribution in [1.82, 2.24) is 10.2 Å². The molecule has 2 N–H and O–H groups in total. The van der Waals surface area contributed by atoms with Gasteiger partial charge in [0.2, 0.25) is 0 Å². The Morgan fingerprint density at radius 2 is 1.70 bits per heavy atom. The number of carboxylic acids is 1. The lowest BCUT2D eigenvalue weighted by molar-refractivity contribution is -0.143. The van der Waals surface area contributed by atoms with Crippen LogP contribution in [0.3, 0.4) is 0 Å². The molecule has 0 fully saturated rings. The van der Waals surface area contributed by atoms with Crippen LogP contribution < -0.4 is 5.32 Å². The number of urea groups is 1. The Morgan fingerprint density at radius 1 is 1.20 bits per heavy atom. The molecule has 2 amide bonds. The molecule has 0 aromatic carbocycles. The molecule has 0 radical (unpaired) electrons. The standard InChI is InChI=1S/C12H21F3N2O3/c1-7(2)9(5-10(18)19)16-11(20)17(8(3)4)6-12(13,14)15/h7-9H,5-6H2,1-4H3,(H,16,20)(H,18,19). The van der Waals surface area contributed by atoms with Crippen LogP contribution in [0.2, 0.25) is 0 Å². The Labute approximate surface area is 116 Å². The summed E-state index contributed by atoms with van der Waals surface area (Å²) in [5.74, 6) is -1.31. The van der Waals surface area contributed by atoms with Gasteiger partial charge in [-0.15, -0.1) is 0 Å². The average Bonchev–Trinajstić information content (AvgIpc) is 2.22. The predicted molar refractivity (Wildman–Crippen MR) is 67.3 cm³/mol. The minimum absolute atomic E-state index is 0.199. The topological polar surface area (TPSA) is 69.6 Å². The van der Waals surface area contributed by atoms with Gasteiger partial charge in [0.05, 0.1) is 6.42 Å². The van der Waals surface area contributed by atoms with Crippen molar-refractivity contribution >= 4 is 12.0 Å². The van der Waals surface area contributed by atoms with Gasteiger partial charge in [0.25, 0.3) is 0 Å². The molecule has 0 bridgehead atoms. The molecule has 1 unspecified atom stereocenters. The molecule has 0 spiro atoms. The molecule has 118 valence electrons.